The van der Waals surface area contributed by atoms with Crippen molar-refractivity contribution in [2.45, 2.75) is 38.7 Å². The zero-order valence-corrected chi connectivity index (χ0v) is 13.7. The summed E-state index contributed by atoms with van der Waals surface area (Å²) in [4.78, 5) is 14.4. The third-order valence-electron chi connectivity index (χ3n) is 4.85. The molecule has 2 atom stereocenters. The Morgan fingerprint density at radius 3 is 2.83 bits per heavy atom. The van der Waals surface area contributed by atoms with Crippen molar-refractivity contribution in [1.29, 1.82) is 0 Å². The largest absolute Gasteiger partial charge is 0.493 e. The van der Waals surface area contributed by atoms with E-state index in [-0.39, 0.29) is 11.8 Å². The van der Waals surface area contributed by atoms with Gasteiger partial charge in [0.05, 0.1) is 18.6 Å². The minimum absolute atomic E-state index is 0.114. The van der Waals surface area contributed by atoms with Crippen LogP contribution in [0.2, 0.25) is 0 Å². The molecule has 0 saturated heterocycles. The summed E-state index contributed by atoms with van der Waals surface area (Å²) < 4.78 is 5.71. The van der Waals surface area contributed by atoms with Crippen LogP contribution in [0.1, 0.15) is 38.2 Å². The summed E-state index contributed by atoms with van der Waals surface area (Å²) >= 11 is 0. The molecular weight excluding hydrogens is 290 g/mol. The van der Waals surface area contributed by atoms with Crippen molar-refractivity contribution in [1.82, 2.24) is 4.90 Å². The van der Waals surface area contributed by atoms with Crippen LogP contribution in [0.4, 0.5) is 0 Å². The van der Waals surface area contributed by atoms with Crippen molar-refractivity contribution < 1.29 is 14.6 Å². The molecule has 0 spiro atoms. The quantitative estimate of drug-likeness (QED) is 0.929. The molecule has 3 rings (SSSR count). The van der Waals surface area contributed by atoms with Crippen molar-refractivity contribution in [2.24, 2.45) is 5.92 Å². The molecule has 1 aliphatic carbocycles. The van der Waals surface area contributed by atoms with E-state index in [1.807, 2.05) is 30.0 Å². The highest BCUT2D eigenvalue weighted by atomic mass is 16.5. The first-order valence-electron chi connectivity index (χ1n) is 8.58. The van der Waals surface area contributed by atoms with E-state index in [0.717, 1.165) is 37.0 Å². The molecule has 1 fully saturated rings. The number of aliphatic hydroxyl groups is 1. The maximum absolute atomic E-state index is 12.5. The van der Waals surface area contributed by atoms with Crippen molar-refractivity contribution >= 4 is 11.5 Å². The molecule has 0 aromatic heterocycles. The van der Waals surface area contributed by atoms with Gasteiger partial charge in [-0.1, -0.05) is 24.3 Å². The van der Waals surface area contributed by atoms with Crippen molar-refractivity contribution in [2.75, 3.05) is 19.7 Å². The first-order valence-corrected chi connectivity index (χ1v) is 8.58. The van der Waals surface area contributed by atoms with Crippen molar-refractivity contribution in [3.8, 4) is 5.75 Å². The molecular formula is C19H25NO3. The van der Waals surface area contributed by atoms with E-state index >= 15 is 0 Å². The Kier molecular flexibility index (Phi) is 5.01. The highest BCUT2D eigenvalue weighted by Crippen LogP contribution is 2.32. The van der Waals surface area contributed by atoms with Crippen LogP contribution >= 0.6 is 0 Å². The Morgan fingerprint density at radius 1 is 1.35 bits per heavy atom. The normalized spacial score (nSPS) is 24.4. The standard InChI is InChI=1S/C19H25NO3/c1-2-23-18-9-4-3-6-15(18)14-10-12-20(13-11-14)19(22)16-7-5-8-17(16)21/h3-4,6,9-10,16-17,21H,2,5,7-8,11-13H2,1H3. The van der Waals surface area contributed by atoms with Gasteiger partial charge in [0.25, 0.3) is 0 Å². The molecule has 0 bridgehead atoms. The lowest BCUT2D eigenvalue weighted by molar-refractivity contribution is -0.137. The van der Waals surface area contributed by atoms with Crippen LogP contribution in [0.3, 0.4) is 0 Å². The summed E-state index contributed by atoms with van der Waals surface area (Å²) in [5, 5.41) is 9.94. The summed E-state index contributed by atoms with van der Waals surface area (Å²) in [6.45, 7) is 3.97. The van der Waals surface area contributed by atoms with Crippen LogP contribution in [0.15, 0.2) is 30.3 Å². The third-order valence-corrected chi connectivity index (χ3v) is 4.85. The molecule has 1 aromatic carbocycles. The third kappa shape index (κ3) is 3.42. The number of hydrogen-bond acceptors (Lipinski definition) is 3. The number of carbonyl (C=O) groups is 1. The van der Waals surface area contributed by atoms with Gasteiger partial charge in [-0.05, 0) is 44.2 Å². The number of amides is 1. The number of nitrogens with zero attached hydrogens (tertiary/aromatic N) is 1. The average Bonchev–Trinajstić information content (AvgIpc) is 3.01. The first-order chi connectivity index (χ1) is 11.2. The summed E-state index contributed by atoms with van der Waals surface area (Å²) in [6, 6.07) is 8.07. The lowest BCUT2D eigenvalue weighted by Crippen LogP contribution is -2.41. The molecule has 4 nitrogen and oxygen atoms in total. The maximum Gasteiger partial charge on any atom is 0.228 e. The van der Waals surface area contributed by atoms with Crippen LogP contribution in [0, 0.1) is 5.92 Å². The smallest absolute Gasteiger partial charge is 0.228 e. The van der Waals surface area contributed by atoms with Crippen LogP contribution < -0.4 is 4.74 Å². The number of hydrogen-bond donors (Lipinski definition) is 1. The summed E-state index contributed by atoms with van der Waals surface area (Å²) in [6.07, 6.45) is 5.03. The number of ether oxygens (including phenoxy) is 1. The molecule has 1 amide bonds. The molecule has 1 N–H and O–H groups in total. The van der Waals surface area contributed by atoms with E-state index in [9.17, 15) is 9.90 Å². The summed E-state index contributed by atoms with van der Waals surface area (Å²) in [7, 11) is 0. The van der Waals surface area contributed by atoms with Gasteiger partial charge in [0.1, 0.15) is 5.75 Å². The second kappa shape index (κ2) is 7.18. The monoisotopic (exact) mass is 315 g/mol. The average molecular weight is 315 g/mol. The van der Waals surface area contributed by atoms with E-state index in [1.54, 1.807) is 0 Å². The summed E-state index contributed by atoms with van der Waals surface area (Å²) in [5.41, 5.74) is 2.37. The van der Waals surface area contributed by atoms with Gasteiger partial charge in [-0.25, -0.2) is 0 Å². The molecule has 1 aromatic rings. The first kappa shape index (κ1) is 16.1. The molecule has 2 unspecified atom stereocenters. The zero-order chi connectivity index (χ0) is 16.2. The number of carbonyl (C=O) groups excluding carboxylic acids is 1. The Hall–Kier alpha value is -1.81. The van der Waals surface area contributed by atoms with E-state index < -0.39 is 6.10 Å². The Balaban J connectivity index is 1.70. The van der Waals surface area contributed by atoms with Gasteiger partial charge in [-0.15, -0.1) is 0 Å². The van der Waals surface area contributed by atoms with Crippen LogP contribution in [-0.4, -0.2) is 41.7 Å². The molecule has 4 heteroatoms. The zero-order valence-electron chi connectivity index (χ0n) is 13.7. The fraction of sp³-hybridized carbons (Fsp3) is 0.526. The Labute approximate surface area is 137 Å². The minimum Gasteiger partial charge on any atom is -0.493 e. The minimum atomic E-state index is -0.452. The number of aliphatic hydroxyl groups excluding tert-OH is 1. The number of para-hydroxylation sites is 1. The Bertz CT molecular complexity index is 596. The number of rotatable bonds is 4. The predicted molar refractivity (Wildman–Crippen MR) is 90.1 cm³/mol. The lowest BCUT2D eigenvalue weighted by Gasteiger charge is -2.30. The fourth-order valence-electron chi connectivity index (χ4n) is 3.59. The second-order valence-electron chi connectivity index (χ2n) is 6.30. The van der Waals surface area contributed by atoms with Gasteiger partial charge in [0.2, 0.25) is 5.91 Å². The topological polar surface area (TPSA) is 49.8 Å². The van der Waals surface area contributed by atoms with Gasteiger partial charge in [0, 0.05) is 18.7 Å². The SMILES string of the molecule is CCOc1ccccc1C1=CCN(C(=O)C2CCCC2O)CC1. The highest BCUT2D eigenvalue weighted by molar-refractivity contribution is 5.81. The van der Waals surface area contributed by atoms with Crippen LogP contribution in [0.5, 0.6) is 5.75 Å². The molecule has 1 heterocycles. The summed E-state index contributed by atoms with van der Waals surface area (Å²) in [5.74, 6) is 0.830. The lowest BCUT2D eigenvalue weighted by atomic mass is 9.97. The predicted octanol–water partition coefficient (Wildman–Crippen LogP) is 2.86. The second-order valence-corrected chi connectivity index (χ2v) is 6.30. The van der Waals surface area contributed by atoms with Crippen LogP contribution in [0.25, 0.3) is 5.57 Å². The van der Waals surface area contributed by atoms with Gasteiger partial charge < -0.3 is 14.7 Å². The van der Waals surface area contributed by atoms with Crippen molar-refractivity contribution in [3.05, 3.63) is 35.9 Å². The molecule has 1 aliphatic heterocycles. The molecule has 1 saturated carbocycles. The van der Waals surface area contributed by atoms with Gasteiger partial charge >= 0.3 is 0 Å². The van der Waals surface area contributed by atoms with Gasteiger partial charge in [-0.2, -0.15) is 0 Å². The molecule has 23 heavy (non-hydrogen) atoms. The van der Waals surface area contributed by atoms with E-state index in [2.05, 4.69) is 12.1 Å². The Morgan fingerprint density at radius 2 is 2.17 bits per heavy atom. The highest BCUT2D eigenvalue weighted by Gasteiger charge is 2.34. The van der Waals surface area contributed by atoms with E-state index in [1.165, 1.54) is 5.57 Å². The van der Waals surface area contributed by atoms with Crippen LogP contribution in [-0.2, 0) is 4.79 Å². The van der Waals surface area contributed by atoms with Crippen molar-refractivity contribution in [3.63, 3.8) is 0 Å². The molecule has 0 radical (unpaired) electrons. The van der Waals surface area contributed by atoms with Gasteiger partial charge in [0.15, 0.2) is 0 Å². The fourth-order valence-corrected chi connectivity index (χ4v) is 3.59. The van der Waals surface area contributed by atoms with Gasteiger partial charge in [-0.3, -0.25) is 4.79 Å². The maximum atomic E-state index is 12.5. The molecule has 2 aliphatic rings. The van der Waals surface area contributed by atoms with E-state index in [4.69, 9.17) is 4.74 Å². The number of benzene rings is 1. The molecule has 124 valence electrons. The van der Waals surface area contributed by atoms with E-state index in [0.29, 0.717) is 19.7 Å².